The number of hydrogen-bond donors (Lipinski definition) is 1. The van der Waals surface area contributed by atoms with E-state index in [0.717, 1.165) is 5.56 Å². The van der Waals surface area contributed by atoms with Crippen LogP contribution in [-0.2, 0) is 10.0 Å². The molecule has 0 radical (unpaired) electrons. The van der Waals surface area contributed by atoms with E-state index in [2.05, 4.69) is 0 Å². The first kappa shape index (κ1) is 15.2. The van der Waals surface area contributed by atoms with Crippen molar-refractivity contribution < 1.29 is 13.5 Å². The molecule has 1 N–H and O–H groups in total. The molecule has 22 heavy (non-hydrogen) atoms. The number of aliphatic hydroxyl groups is 1. The minimum absolute atomic E-state index is 0.172. The Kier molecular flexibility index (Phi) is 4.29. The molecule has 0 amide bonds. The summed E-state index contributed by atoms with van der Waals surface area (Å²) in [7, 11) is -3.60. The molecule has 0 saturated carbocycles. The van der Waals surface area contributed by atoms with E-state index in [1.54, 1.807) is 12.1 Å². The van der Waals surface area contributed by atoms with E-state index < -0.39 is 16.1 Å². The molecule has 1 heterocycles. The zero-order chi connectivity index (χ0) is 15.6. The third-order valence-corrected chi connectivity index (χ3v) is 5.87. The molecular formula is C17H19NO3S. The number of aliphatic hydroxyl groups excluding tert-OH is 1. The van der Waals surface area contributed by atoms with Gasteiger partial charge in [0.1, 0.15) is 0 Å². The van der Waals surface area contributed by atoms with Gasteiger partial charge in [0.05, 0.1) is 11.0 Å². The van der Waals surface area contributed by atoms with Gasteiger partial charge in [0, 0.05) is 18.7 Å². The average molecular weight is 317 g/mol. The standard InChI is InChI=1S/C17H19NO3S/c19-15-9-6-12-18(13-15)22(20,21)17-11-5-4-10-16(17)14-7-2-1-3-8-14/h1-5,7-8,10-11,15,19H,6,9,12-13H2. The van der Waals surface area contributed by atoms with Gasteiger partial charge in [-0.05, 0) is 24.5 Å². The predicted octanol–water partition coefficient (Wildman–Crippen LogP) is 2.50. The highest BCUT2D eigenvalue weighted by molar-refractivity contribution is 7.89. The van der Waals surface area contributed by atoms with Crippen molar-refractivity contribution in [2.24, 2.45) is 0 Å². The fourth-order valence-corrected chi connectivity index (χ4v) is 4.56. The molecule has 0 aromatic heterocycles. The molecule has 4 nitrogen and oxygen atoms in total. The molecule has 5 heteroatoms. The topological polar surface area (TPSA) is 57.6 Å². The van der Waals surface area contributed by atoms with Crippen molar-refractivity contribution in [1.29, 1.82) is 0 Å². The summed E-state index contributed by atoms with van der Waals surface area (Å²) in [5.74, 6) is 0. The summed E-state index contributed by atoms with van der Waals surface area (Å²) in [4.78, 5) is 0.301. The Labute approximate surface area is 131 Å². The van der Waals surface area contributed by atoms with E-state index in [0.29, 0.717) is 29.8 Å². The lowest BCUT2D eigenvalue weighted by molar-refractivity contribution is 0.108. The van der Waals surface area contributed by atoms with Crippen LogP contribution in [0.15, 0.2) is 59.5 Å². The van der Waals surface area contributed by atoms with Gasteiger partial charge in [0.25, 0.3) is 0 Å². The molecule has 0 aliphatic carbocycles. The second-order valence-corrected chi connectivity index (χ2v) is 7.43. The smallest absolute Gasteiger partial charge is 0.243 e. The first-order chi connectivity index (χ1) is 10.6. The monoisotopic (exact) mass is 317 g/mol. The molecule has 1 unspecified atom stereocenters. The number of β-amino-alcohol motifs (C(OH)–C–C–N with tert-alkyl or cyclic N) is 1. The van der Waals surface area contributed by atoms with Crippen LogP contribution >= 0.6 is 0 Å². The van der Waals surface area contributed by atoms with Gasteiger partial charge in [-0.15, -0.1) is 0 Å². The molecule has 2 aromatic carbocycles. The van der Waals surface area contributed by atoms with E-state index in [-0.39, 0.29) is 6.54 Å². The highest BCUT2D eigenvalue weighted by Crippen LogP contribution is 2.30. The third kappa shape index (κ3) is 2.92. The van der Waals surface area contributed by atoms with E-state index >= 15 is 0 Å². The average Bonchev–Trinajstić information content (AvgIpc) is 2.56. The van der Waals surface area contributed by atoms with Crippen molar-refractivity contribution in [3.05, 3.63) is 54.6 Å². The number of rotatable bonds is 3. The van der Waals surface area contributed by atoms with Crippen LogP contribution in [0, 0.1) is 0 Å². The Morgan fingerprint density at radius 2 is 1.68 bits per heavy atom. The molecule has 116 valence electrons. The summed E-state index contributed by atoms with van der Waals surface area (Å²) in [6, 6.07) is 16.5. The lowest BCUT2D eigenvalue weighted by atomic mass is 10.1. The quantitative estimate of drug-likeness (QED) is 0.946. The molecule has 1 aliphatic heterocycles. The maximum Gasteiger partial charge on any atom is 0.243 e. The summed E-state index contributed by atoms with van der Waals surface area (Å²) >= 11 is 0. The summed E-state index contributed by atoms with van der Waals surface area (Å²) in [6.45, 7) is 0.633. The van der Waals surface area contributed by atoms with Crippen LogP contribution in [0.4, 0.5) is 0 Å². The van der Waals surface area contributed by atoms with E-state index in [4.69, 9.17) is 0 Å². The number of nitrogens with zero attached hydrogens (tertiary/aromatic N) is 1. The van der Waals surface area contributed by atoms with Crippen molar-refractivity contribution in [2.75, 3.05) is 13.1 Å². The second kappa shape index (κ2) is 6.20. The number of benzene rings is 2. The lowest BCUT2D eigenvalue weighted by Crippen LogP contribution is -2.42. The molecular weight excluding hydrogens is 298 g/mol. The summed E-state index contributed by atoms with van der Waals surface area (Å²) in [6.07, 6.45) is 0.771. The lowest BCUT2D eigenvalue weighted by Gasteiger charge is -2.29. The molecule has 2 aromatic rings. The fraction of sp³-hybridized carbons (Fsp3) is 0.294. The highest BCUT2D eigenvalue weighted by Gasteiger charge is 2.31. The molecule has 1 atom stereocenters. The Hall–Kier alpha value is -1.69. The fourth-order valence-electron chi connectivity index (χ4n) is 2.83. The molecule has 1 aliphatic rings. The van der Waals surface area contributed by atoms with Crippen molar-refractivity contribution in [3.8, 4) is 11.1 Å². The van der Waals surface area contributed by atoms with Crippen molar-refractivity contribution >= 4 is 10.0 Å². The van der Waals surface area contributed by atoms with Crippen molar-refractivity contribution in [1.82, 2.24) is 4.31 Å². The van der Waals surface area contributed by atoms with Gasteiger partial charge in [0.15, 0.2) is 0 Å². The van der Waals surface area contributed by atoms with Gasteiger partial charge in [-0.1, -0.05) is 48.5 Å². The first-order valence-corrected chi connectivity index (χ1v) is 8.86. The van der Waals surface area contributed by atoms with Gasteiger partial charge in [-0.3, -0.25) is 0 Å². The molecule has 0 spiro atoms. The first-order valence-electron chi connectivity index (χ1n) is 7.42. The zero-order valence-electron chi connectivity index (χ0n) is 12.2. The Bertz CT molecular complexity index is 744. The highest BCUT2D eigenvalue weighted by atomic mass is 32.2. The summed E-state index contributed by atoms with van der Waals surface area (Å²) < 4.78 is 27.3. The Balaban J connectivity index is 2.05. The molecule has 1 saturated heterocycles. The minimum atomic E-state index is -3.60. The van der Waals surface area contributed by atoms with Crippen LogP contribution in [0.25, 0.3) is 11.1 Å². The maximum absolute atomic E-state index is 12.9. The van der Waals surface area contributed by atoms with Gasteiger partial charge in [-0.2, -0.15) is 4.31 Å². The van der Waals surface area contributed by atoms with Crippen LogP contribution in [0.5, 0.6) is 0 Å². The molecule has 1 fully saturated rings. The number of sulfonamides is 1. The van der Waals surface area contributed by atoms with Crippen LogP contribution in [-0.4, -0.2) is 37.0 Å². The minimum Gasteiger partial charge on any atom is -0.392 e. The summed E-state index contributed by atoms with van der Waals surface area (Å²) in [5.41, 5.74) is 1.57. The van der Waals surface area contributed by atoms with Crippen LogP contribution in [0.3, 0.4) is 0 Å². The Morgan fingerprint density at radius 3 is 2.41 bits per heavy atom. The number of piperidine rings is 1. The van der Waals surface area contributed by atoms with Gasteiger partial charge < -0.3 is 5.11 Å². The van der Waals surface area contributed by atoms with Gasteiger partial charge in [0.2, 0.25) is 10.0 Å². The maximum atomic E-state index is 12.9. The SMILES string of the molecule is O=S(=O)(c1ccccc1-c1ccccc1)N1CCCC(O)C1. The molecule has 0 bridgehead atoms. The van der Waals surface area contributed by atoms with E-state index in [1.165, 1.54) is 4.31 Å². The van der Waals surface area contributed by atoms with Crippen LogP contribution in [0.1, 0.15) is 12.8 Å². The summed E-state index contributed by atoms with van der Waals surface area (Å²) in [5, 5.41) is 9.77. The van der Waals surface area contributed by atoms with E-state index in [1.807, 2.05) is 42.5 Å². The zero-order valence-corrected chi connectivity index (χ0v) is 13.0. The number of hydrogen-bond acceptors (Lipinski definition) is 3. The second-order valence-electron chi connectivity index (χ2n) is 5.52. The Morgan fingerprint density at radius 1 is 1.00 bits per heavy atom. The van der Waals surface area contributed by atoms with Crippen molar-refractivity contribution in [3.63, 3.8) is 0 Å². The van der Waals surface area contributed by atoms with Crippen LogP contribution < -0.4 is 0 Å². The van der Waals surface area contributed by atoms with Gasteiger partial charge >= 0.3 is 0 Å². The van der Waals surface area contributed by atoms with E-state index in [9.17, 15) is 13.5 Å². The largest absolute Gasteiger partial charge is 0.392 e. The van der Waals surface area contributed by atoms with Gasteiger partial charge in [-0.25, -0.2) is 8.42 Å². The normalized spacial score (nSPS) is 20.0. The third-order valence-electron chi connectivity index (χ3n) is 3.95. The van der Waals surface area contributed by atoms with Crippen molar-refractivity contribution in [2.45, 2.75) is 23.8 Å². The molecule has 3 rings (SSSR count). The predicted molar refractivity (Wildman–Crippen MR) is 85.9 cm³/mol. The van der Waals surface area contributed by atoms with Crippen LogP contribution in [0.2, 0.25) is 0 Å².